The van der Waals surface area contributed by atoms with Gasteiger partial charge in [0.2, 0.25) is 0 Å². The van der Waals surface area contributed by atoms with E-state index in [0.29, 0.717) is 80.3 Å². The number of ether oxygens (including phenoxy) is 6. The van der Waals surface area contributed by atoms with Crippen molar-refractivity contribution in [3.63, 3.8) is 0 Å². The van der Waals surface area contributed by atoms with Crippen molar-refractivity contribution in [2.24, 2.45) is 0 Å². The van der Waals surface area contributed by atoms with Crippen LogP contribution >= 0.6 is 0 Å². The lowest BCUT2D eigenvalue weighted by atomic mass is 10.1. The summed E-state index contributed by atoms with van der Waals surface area (Å²) < 4.78 is 36.4. The molecule has 5 rings (SSSR count). The summed E-state index contributed by atoms with van der Waals surface area (Å²) in [4.78, 5) is 28.8. The number of benzene rings is 2. The van der Waals surface area contributed by atoms with Crippen molar-refractivity contribution < 1.29 is 33.2 Å². The molecule has 14 nitrogen and oxygen atoms in total. The number of carbonyl (C=O) groups excluding carboxylic acids is 1. The minimum atomic E-state index is -0.540. The molecule has 282 valence electrons. The smallest absolute Gasteiger partial charge is 0.410 e. The maximum absolute atomic E-state index is 12.7. The van der Waals surface area contributed by atoms with Gasteiger partial charge >= 0.3 is 12.1 Å². The Morgan fingerprint density at radius 2 is 1.48 bits per heavy atom. The quantitative estimate of drug-likeness (QED) is 0.143. The number of hydrogen-bond donors (Lipinski definition) is 0. The van der Waals surface area contributed by atoms with Crippen molar-refractivity contribution in [1.82, 2.24) is 29.4 Å². The lowest BCUT2D eigenvalue weighted by Crippen LogP contribution is -2.49. The summed E-state index contributed by atoms with van der Waals surface area (Å²) in [5.74, 6) is 3.33. The summed E-state index contributed by atoms with van der Waals surface area (Å²) >= 11 is 0. The number of amides is 1. The van der Waals surface area contributed by atoms with Gasteiger partial charge in [0.25, 0.3) is 0 Å². The van der Waals surface area contributed by atoms with E-state index in [1.807, 2.05) is 74.8 Å². The second kappa shape index (κ2) is 17.0. The van der Waals surface area contributed by atoms with Gasteiger partial charge in [-0.1, -0.05) is 13.3 Å². The zero-order valence-electron chi connectivity index (χ0n) is 32.0. The summed E-state index contributed by atoms with van der Waals surface area (Å²) in [6, 6.07) is 11.8. The molecule has 0 radical (unpaired) electrons. The van der Waals surface area contributed by atoms with Gasteiger partial charge in [0.15, 0.2) is 11.5 Å². The molecule has 1 aliphatic rings. The summed E-state index contributed by atoms with van der Waals surface area (Å²) in [5.41, 5.74) is 2.76. The Morgan fingerprint density at radius 1 is 0.885 bits per heavy atom. The fraction of sp³-hybridized carbons (Fsp3) is 0.526. The molecule has 52 heavy (non-hydrogen) atoms. The molecule has 0 bridgehead atoms. The molecule has 1 atom stereocenters. The molecule has 4 aromatic rings. The molecule has 0 aliphatic carbocycles. The molecule has 1 fully saturated rings. The van der Waals surface area contributed by atoms with Gasteiger partial charge in [0.05, 0.1) is 46.4 Å². The van der Waals surface area contributed by atoms with Gasteiger partial charge in [-0.05, 0) is 58.4 Å². The Labute approximate surface area is 306 Å². The second-order valence-electron chi connectivity index (χ2n) is 13.9. The topological polar surface area (TPSA) is 125 Å². The zero-order valence-corrected chi connectivity index (χ0v) is 32.0. The van der Waals surface area contributed by atoms with Gasteiger partial charge in [-0.15, -0.1) is 5.10 Å². The highest BCUT2D eigenvalue weighted by Crippen LogP contribution is 2.33. The SMILES string of the molecule is CCCC(C)Oc1nc(N(Cc2ccc(OC)cc2OC)Cc2ccc(OC)cc2OC)c2ncc(CN3CCN(C(=O)OC(C)(C)C)CC3)n2n1. The van der Waals surface area contributed by atoms with E-state index >= 15 is 0 Å². The van der Waals surface area contributed by atoms with Gasteiger partial charge < -0.3 is 38.2 Å². The van der Waals surface area contributed by atoms with Gasteiger partial charge in [0, 0.05) is 69.1 Å². The number of aromatic nitrogens is 4. The van der Waals surface area contributed by atoms with E-state index < -0.39 is 5.60 Å². The van der Waals surface area contributed by atoms with Crippen LogP contribution in [0.15, 0.2) is 42.6 Å². The third-order valence-corrected chi connectivity index (χ3v) is 8.82. The largest absolute Gasteiger partial charge is 0.497 e. The number of nitrogens with zero attached hydrogens (tertiary/aromatic N) is 7. The Morgan fingerprint density at radius 3 is 2.00 bits per heavy atom. The highest BCUT2D eigenvalue weighted by molar-refractivity contribution is 5.68. The van der Waals surface area contributed by atoms with E-state index in [2.05, 4.69) is 16.7 Å². The standard InChI is InChI=1S/C38H53N7O7/c1-10-11-26(2)51-36-40-35(34-39-22-29(45(34)41-36)25-42-16-18-43(19-17-42)37(46)52-38(3,4)5)44(23-27-12-14-30(47-6)20-32(27)49-8)24-28-13-15-31(48-7)21-33(28)50-9/h12-15,20-22,26H,10-11,16-19,23-25H2,1-9H3. The summed E-state index contributed by atoms with van der Waals surface area (Å²) in [7, 11) is 6.55. The Bertz CT molecular complexity index is 1740. The van der Waals surface area contributed by atoms with Crippen molar-refractivity contribution in [1.29, 1.82) is 0 Å². The minimum Gasteiger partial charge on any atom is -0.497 e. The van der Waals surface area contributed by atoms with Crippen LogP contribution in [0.25, 0.3) is 5.65 Å². The average molecular weight is 720 g/mol. The van der Waals surface area contributed by atoms with Crippen LogP contribution in [0.1, 0.15) is 64.3 Å². The second-order valence-corrected chi connectivity index (χ2v) is 13.9. The van der Waals surface area contributed by atoms with E-state index in [-0.39, 0.29) is 18.2 Å². The monoisotopic (exact) mass is 719 g/mol. The fourth-order valence-electron chi connectivity index (χ4n) is 6.13. The van der Waals surface area contributed by atoms with Crippen LogP contribution in [0.3, 0.4) is 0 Å². The van der Waals surface area contributed by atoms with Gasteiger partial charge in [-0.25, -0.2) is 14.3 Å². The first-order chi connectivity index (χ1) is 24.9. The molecule has 1 unspecified atom stereocenters. The van der Waals surface area contributed by atoms with E-state index in [0.717, 1.165) is 29.7 Å². The predicted molar refractivity (Wildman–Crippen MR) is 198 cm³/mol. The van der Waals surface area contributed by atoms with Crippen LogP contribution in [0.4, 0.5) is 10.6 Å². The minimum absolute atomic E-state index is 0.0972. The number of methoxy groups -OCH3 is 4. The van der Waals surface area contributed by atoms with E-state index in [1.165, 1.54) is 0 Å². The molecule has 0 N–H and O–H groups in total. The van der Waals surface area contributed by atoms with Gasteiger partial charge in [0.1, 0.15) is 28.6 Å². The number of rotatable bonds is 15. The molecule has 3 heterocycles. The molecule has 1 aliphatic heterocycles. The van der Waals surface area contributed by atoms with Crippen molar-refractivity contribution in [3.05, 3.63) is 59.4 Å². The molecule has 2 aromatic heterocycles. The van der Waals surface area contributed by atoms with Crippen LogP contribution in [0.5, 0.6) is 29.0 Å². The van der Waals surface area contributed by atoms with E-state index in [1.54, 1.807) is 33.3 Å². The lowest BCUT2D eigenvalue weighted by Gasteiger charge is -2.35. The number of fused-ring (bicyclic) bond motifs is 1. The lowest BCUT2D eigenvalue weighted by molar-refractivity contribution is 0.0137. The van der Waals surface area contributed by atoms with Gasteiger partial charge in [-0.2, -0.15) is 4.98 Å². The van der Waals surface area contributed by atoms with E-state index in [4.69, 9.17) is 43.5 Å². The summed E-state index contributed by atoms with van der Waals surface area (Å²) in [6.45, 7) is 13.7. The maximum Gasteiger partial charge on any atom is 0.410 e. The Hall–Kier alpha value is -4.98. The maximum atomic E-state index is 12.7. The highest BCUT2D eigenvalue weighted by atomic mass is 16.6. The van der Waals surface area contributed by atoms with Crippen LogP contribution in [-0.4, -0.2) is 102 Å². The van der Waals surface area contributed by atoms with Crippen molar-refractivity contribution >= 4 is 17.6 Å². The van der Waals surface area contributed by atoms with Crippen molar-refractivity contribution in [3.8, 4) is 29.0 Å². The molecule has 0 saturated carbocycles. The number of hydrogen-bond acceptors (Lipinski definition) is 12. The van der Waals surface area contributed by atoms with Crippen LogP contribution in [0.2, 0.25) is 0 Å². The third kappa shape index (κ3) is 9.46. The molecule has 14 heteroatoms. The molecule has 2 aromatic carbocycles. The van der Waals surface area contributed by atoms with Crippen LogP contribution < -0.4 is 28.6 Å². The van der Waals surface area contributed by atoms with Crippen LogP contribution in [0, 0.1) is 0 Å². The molecule has 1 amide bonds. The van der Waals surface area contributed by atoms with Crippen molar-refractivity contribution in [2.45, 2.75) is 78.8 Å². The van der Waals surface area contributed by atoms with Crippen LogP contribution in [-0.2, 0) is 24.4 Å². The normalized spacial score (nSPS) is 14.2. The van der Waals surface area contributed by atoms with E-state index in [9.17, 15) is 4.79 Å². The number of piperazine rings is 1. The summed E-state index contributed by atoms with van der Waals surface area (Å²) in [5, 5.41) is 4.88. The number of carbonyl (C=O) groups is 1. The fourth-order valence-corrected chi connectivity index (χ4v) is 6.13. The highest BCUT2D eigenvalue weighted by Gasteiger charge is 2.28. The number of anilines is 1. The molecule has 1 saturated heterocycles. The van der Waals surface area contributed by atoms with Crippen molar-refractivity contribution in [2.75, 3.05) is 59.5 Å². The summed E-state index contributed by atoms with van der Waals surface area (Å²) in [6.07, 6.45) is 3.27. The zero-order chi connectivity index (χ0) is 37.4. The predicted octanol–water partition coefficient (Wildman–Crippen LogP) is 5.99. The Balaban J connectivity index is 1.54. The molecule has 0 spiro atoms. The Kier molecular flexibility index (Phi) is 12.5. The molecular formula is C38H53N7O7. The first-order valence-corrected chi connectivity index (χ1v) is 17.7. The number of imidazole rings is 1. The van der Waals surface area contributed by atoms with Gasteiger partial charge in [-0.3, -0.25) is 4.90 Å². The average Bonchev–Trinajstić information content (AvgIpc) is 3.52. The third-order valence-electron chi connectivity index (χ3n) is 8.82. The molecular weight excluding hydrogens is 666 g/mol. The first-order valence-electron chi connectivity index (χ1n) is 17.7. The first kappa shape index (κ1) is 38.3.